The molecule has 3 heteroatoms. The third kappa shape index (κ3) is 3.63. The number of allylic oxidation sites excluding steroid dienone is 1. The smallest absolute Gasteiger partial charge is 0.251 e. The molecule has 0 aliphatic rings. The minimum Gasteiger partial charge on any atom is -0.496 e. The zero-order chi connectivity index (χ0) is 12.8. The van der Waals surface area contributed by atoms with Crippen molar-refractivity contribution in [2.24, 2.45) is 0 Å². The molecule has 0 fully saturated rings. The van der Waals surface area contributed by atoms with E-state index in [0.717, 1.165) is 11.3 Å². The molecule has 0 saturated heterocycles. The third-order valence-electron chi connectivity index (χ3n) is 2.33. The Bertz CT molecular complexity index is 411. The molecule has 1 amide bonds. The quantitative estimate of drug-likeness (QED) is 0.794. The fourth-order valence-corrected chi connectivity index (χ4v) is 1.58. The molecule has 3 nitrogen and oxygen atoms in total. The summed E-state index contributed by atoms with van der Waals surface area (Å²) in [6, 6.07) is 5.56. The van der Waals surface area contributed by atoms with Gasteiger partial charge in [0.25, 0.3) is 5.91 Å². The molecule has 0 radical (unpaired) electrons. The maximum absolute atomic E-state index is 11.8. The Labute approximate surface area is 102 Å². The highest BCUT2D eigenvalue weighted by Gasteiger charge is 2.10. The first-order chi connectivity index (χ1) is 8.08. The van der Waals surface area contributed by atoms with Gasteiger partial charge in [-0.25, -0.2) is 0 Å². The van der Waals surface area contributed by atoms with Crippen molar-refractivity contribution in [1.82, 2.24) is 5.32 Å². The molecule has 0 aliphatic carbocycles. The third-order valence-corrected chi connectivity index (χ3v) is 2.33. The first-order valence-corrected chi connectivity index (χ1v) is 5.67. The van der Waals surface area contributed by atoms with Crippen molar-refractivity contribution in [3.8, 4) is 5.75 Å². The number of benzene rings is 1. The number of carbonyl (C=O) groups excluding carboxylic acids is 1. The Morgan fingerprint density at radius 3 is 2.76 bits per heavy atom. The molecule has 0 unspecified atom stereocenters. The lowest BCUT2D eigenvalue weighted by Crippen LogP contribution is -2.30. The summed E-state index contributed by atoms with van der Waals surface area (Å²) in [7, 11) is 1.62. The molecule has 0 spiro atoms. The fourth-order valence-electron chi connectivity index (χ4n) is 1.58. The van der Waals surface area contributed by atoms with E-state index in [2.05, 4.69) is 11.9 Å². The van der Waals surface area contributed by atoms with Gasteiger partial charge in [-0.2, -0.15) is 0 Å². The van der Waals surface area contributed by atoms with Gasteiger partial charge in [0.2, 0.25) is 0 Å². The first-order valence-electron chi connectivity index (χ1n) is 5.67. The lowest BCUT2D eigenvalue weighted by Gasteiger charge is -2.11. The minimum absolute atomic E-state index is 0.0621. The van der Waals surface area contributed by atoms with Gasteiger partial charge in [-0.05, 0) is 44.0 Å². The maximum Gasteiger partial charge on any atom is 0.251 e. The van der Waals surface area contributed by atoms with Crippen LogP contribution in [0.3, 0.4) is 0 Å². The van der Waals surface area contributed by atoms with E-state index in [4.69, 9.17) is 4.74 Å². The second-order valence-electron chi connectivity index (χ2n) is 4.15. The molecule has 0 bridgehead atoms. The SMILES string of the molecule is C=CCc1cc(C(=O)NC(C)C)ccc1OC. The summed E-state index contributed by atoms with van der Waals surface area (Å²) in [6.45, 7) is 7.57. The molecule has 17 heavy (non-hydrogen) atoms. The van der Waals surface area contributed by atoms with Crippen LogP contribution in [-0.2, 0) is 6.42 Å². The summed E-state index contributed by atoms with van der Waals surface area (Å²) in [5, 5.41) is 2.86. The highest BCUT2D eigenvalue weighted by Crippen LogP contribution is 2.20. The van der Waals surface area contributed by atoms with Crippen LogP contribution in [-0.4, -0.2) is 19.1 Å². The Hall–Kier alpha value is -1.77. The van der Waals surface area contributed by atoms with E-state index in [-0.39, 0.29) is 11.9 Å². The van der Waals surface area contributed by atoms with Gasteiger partial charge in [0.15, 0.2) is 0 Å². The molecule has 0 aromatic heterocycles. The highest BCUT2D eigenvalue weighted by molar-refractivity contribution is 5.94. The Kier molecular flexibility index (Phi) is 4.76. The van der Waals surface area contributed by atoms with Gasteiger partial charge in [-0.15, -0.1) is 6.58 Å². The van der Waals surface area contributed by atoms with Crippen molar-refractivity contribution in [3.63, 3.8) is 0 Å². The Morgan fingerprint density at radius 2 is 2.24 bits per heavy atom. The lowest BCUT2D eigenvalue weighted by molar-refractivity contribution is 0.0943. The molecule has 1 aromatic carbocycles. The number of ether oxygens (including phenoxy) is 1. The largest absolute Gasteiger partial charge is 0.496 e. The minimum atomic E-state index is -0.0621. The molecule has 1 aromatic rings. The summed E-state index contributed by atoms with van der Waals surface area (Å²) in [5.41, 5.74) is 1.62. The molecular formula is C14H19NO2. The second-order valence-corrected chi connectivity index (χ2v) is 4.15. The summed E-state index contributed by atoms with van der Waals surface area (Å²) in [4.78, 5) is 11.8. The Balaban J connectivity index is 2.98. The molecule has 0 heterocycles. The number of amides is 1. The van der Waals surface area contributed by atoms with E-state index in [1.807, 2.05) is 26.0 Å². The standard InChI is InChI=1S/C14H19NO2/c1-5-6-11-9-12(7-8-13(11)17-4)14(16)15-10(2)3/h5,7-10H,1,6H2,2-4H3,(H,15,16). The molecule has 0 aliphatic heterocycles. The highest BCUT2D eigenvalue weighted by atomic mass is 16.5. The number of nitrogens with one attached hydrogen (secondary N) is 1. The first kappa shape index (κ1) is 13.3. The van der Waals surface area contributed by atoms with E-state index in [0.29, 0.717) is 12.0 Å². The molecule has 0 saturated carbocycles. The summed E-state index contributed by atoms with van der Waals surface area (Å²) in [6.07, 6.45) is 2.48. The Morgan fingerprint density at radius 1 is 1.53 bits per heavy atom. The van der Waals surface area contributed by atoms with Crippen LogP contribution < -0.4 is 10.1 Å². The van der Waals surface area contributed by atoms with Crippen LogP contribution in [0.2, 0.25) is 0 Å². The average Bonchev–Trinajstić information content (AvgIpc) is 2.28. The zero-order valence-electron chi connectivity index (χ0n) is 10.6. The van der Waals surface area contributed by atoms with Crippen molar-refractivity contribution >= 4 is 5.91 Å². The predicted molar refractivity (Wildman–Crippen MR) is 69.5 cm³/mol. The van der Waals surface area contributed by atoms with E-state index in [1.54, 1.807) is 19.3 Å². The van der Waals surface area contributed by atoms with Gasteiger partial charge in [0, 0.05) is 11.6 Å². The van der Waals surface area contributed by atoms with Gasteiger partial charge >= 0.3 is 0 Å². The number of rotatable bonds is 5. The van der Waals surface area contributed by atoms with E-state index in [9.17, 15) is 4.79 Å². The van der Waals surface area contributed by atoms with Gasteiger partial charge in [-0.1, -0.05) is 6.08 Å². The monoisotopic (exact) mass is 233 g/mol. The fraction of sp³-hybridized carbons (Fsp3) is 0.357. The van der Waals surface area contributed by atoms with Gasteiger partial charge in [-0.3, -0.25) is 4.79 Å². The van der Waals surface area contributed by atoms with Crippen molar-refractivity contribution in [3.05, 3.63) is 42.0 Å². The molecular weight excluding hydrogens is 214 g/mol. The number of hydrogen-bond donors (Lipinski definition) is 1. The average molecular weight is 233 g/mol. The van der Waals surface area contributed by atoms with E-state index in [1.165, 1.54) is 0 Å². The molecule has 92 valence electrons. The lowest BCUT2D eigenvalue weighted by atomic mass is 10.1. The van der Waals surface area contributed by atoms with Crippen LogP contribution in [0, 0.1) is 0 Å². The number of hydrogen-bond acceptors (Lipinski definition) is 2. The van der Waals surface area contributed by atoms with Gasteiger partial charge < -0.3 is 10.1 Å². The van der Waals surface area contributed by atoms with E-state index >= 15 is 0 Å². The van der Waals surface area contributed by atoms with Crippen molar-refractivity contribution in [1.29, 1.82) is 0 Å². The molecule has 1 N–H and O–H groups in total. The number of methoxy groups -OCH3 is 1. The topological polar surface area (TPSA) is 38.3 Å². The summed E-state index contributed by atoms with van der Waals surface area (Å²) < 4.78 is 5.23. The molecule has 1 rings (SSSR count). The van der Waals surface area contributed by atoms with Crippen molar-refractivity contribution in [2.45, 2.75) is 26.3 Å². The summed E-state index contributed by atoms with van der Waals surface area (Å²) in [5.74, 6) is 0.721. The maximum atomic E-state index is 11.8. The molecule has 0 atom stereocenters. The van der Waals surface area contributed by atoms with Crippen LogP contribution in [0.5, 0.6) is 5.75 Å². The van der Waals surface area contributed by atoms with Crippen LogP contribution >= 0.6 is 0 Å². The normalized spacial score (nSPS) is 10.1. The summed E-state index contributed by atoms with van der Waals surface area (Å²) >= 11 is 0. The number of carbonyl (C=O) groups is 1. The van der Waals surface area contributed by atoms with E-state index < -0.39 is 0 Å². The van der Waals surface area contributed by atoms with Crippen molar-refractivity contribution < 1.29 is 9.53 Å². The van der Waals surface area contributed by atoms with Gasteiger partial charge in [0.05, 0.1) is 7.11 Å². The second kappa shape index (κ2) is 6.09. The van der Waals surface area contributed by atoms with Crippen LogP contribution in [0.25, 0.3) is 0 Å². The zero-order valence-corrected chi connectivity index (χ0v) is 10.6. The van der Waals surface area contributed by atoms with Crippen LogP contribution in [0.4, 0.5) is 0 Å². The van der Waals surface area contributed by atoms with Crippen LogP contribution in [0.15, 0.2) is 30.9 Å². The van der Waals surface area contributed by atoms with Gasteiger partial charge in [0.1, 0.15) is 5.75 Å². The van der Waals surface area contributed by atoms with Crippen LogP contribution in [0.1, 0.15) is 29.8 Å². The predicted octanol–water partition coefficient (Wildman–Crippen LogP) is 2.56. The van der Waals surface area contributed by atoms with Crippen molar-refractivity contribution in [2.75, 3.05) is 7.11 Å².